The van der Waals surface area contributed by atoms with Crippen LogP contribution in [0.25, 0.3) is 0 Å². The molecule has 6 nitrogen and oxygen atoms in total. The van der Waals surface area contributed by atoms with Gasteiger partial charge in [0.15, 0.2) is 6.10 Å². The molecule has 1 aliphatic rings. The topological polar surface area (TPSA) is 84.1 Å². The zero-order chi connectivity index (χ0) is 15.6. The van der Waals surface area contributed by atoms with Crippen molar-refractivity contribution in [3.63, 3.8) is 0 Å². The number of aromatic amines is 1. The van der Waals surface area contributed by atoms with E-state index < -0.39 is 6.10 Å². The number of H-pyrrole nitrogens is 1. The van der Waals surface area contributed by atoms with Crippen LogP contribution in [0.2, 0.25) is 0 Å². The van der Waals surface area contributed by atoms with Gasteiger partial charge in [0.1, 0.15) is 0 Å². The predicted octanol–water partition coefficient (Wildman–Crippen LogP) is 1.73. The quantitative estimate of drug-likeness (QED) is 0.782. The van der Waals surface area contributed by atoms with E-state index in [0.717, 1.165) is 29.8 Å². The standard InChI is InChI=1S/C15H23N3O3/c1-8(14-9(2)17-18-10(14)3)7-13(19)21-11(4)15(20)16-12-5-6-12/h8,11-12H,5-7H2,1-4H3,(H,16,20)(H,17,18)/t8-,11+/m0/s1. The molecule has 1 fully saturated rings. The number of rotatable bonds is 6. The van der Waals surface area contributed by atoms with Crippen molar-refractivity contribution in [3.8, 4) is 0 Å². The summed E-state index contributed by atoms with van der Waals surface area (Å²) >= 11 is 0. The minimum atomic E-state index is -0.739. The Balaban J connectivity index is 1.84. The van der Waals surface area contributed by atoms with E-state index in [1.54, 1.807) is 6.92 Å². The maximum absolute atomic E-state index is 12.0. The van der Waals surface area contributed by atoms with Crippen molar-refractivity contribution in [1.29, 1.82) is 0 Å². The maximum Gasteiger partial charge on any atom is 0.307 e. The maximum atomic E-state index is 12.0. The van der Waals surface area contributed by atoms with Gasteiger partial charge in [0.25, 0.3) is 5.91 Å². The molecule has 1 heterocycles. The molecule has 0 saturated heterocycles. The first-order valence-corrected chi connectivity index (χ1v) is 7.39. The Morgan fingerprint density at radius 2 is 2.05 bits per heavy atom. The summed E-state index contributed by atoms with van der Waals surface area (Å²) in [6.07, 6.45) is 1.53. The van der Waals surface area contributed by atoms with E-state index in [1.165, 1.54) is 0 Å². The normalized spacial score (nSPS) is 17.1. The summed E-state index contributed by atoms with van der Waals surface area (Å²) < 4.78 is 5.21. The van der Waals surface area contributed by atoms with Crippen molar-refractivity contribution in [2.75, 3.05) is 0 Å². The van der Waals surface area contributed by atoms with Crippen molar-refractivity contribution >= 4 is 11.9 Å². The molecular formula is C15H23N3O3. The summed E-state index contributed by atoms with van der Waals surface area (Å²) in [5.74, 6) is -0.565. The lowest BCUT2D eigenvalue weighted by molar-refractivity contribution is -0.155. The third-order valence-electron chi connectivity index (χ3n) is 3.75. The number of esters is 1. The van der Waals surface area contributed by atoms with E-state index in [4.69, 9.17) is 4.74 Å². The number of amides is 1. The Morgan fingerprint density at radius 1 is 1.38 bits per heavy atom. The van der Waals surface area contributed by atoms with Gasteiger partial charge in [0.2, 0.25) is 0 Å². The fourth-order valence-corrected chi connectivity index (χ4v) is 2.48. The third kappa shape index (κ3) is 4.06. The molecule has 1 aliphatic carbocycles. The van der Waals surface area contributed by atoms with Crippen LogP contribution in [0.5, 0.6) is 0 Å². The monoisotopic (exact) mass is 293 g/mol. The van der Waals surface area contributed by atoms with Crippen LogP contribution < -0.4 is 5.32 Å². The van der Waals surface area contributed by atoms with Gasteiger partial charge in [-0.15, -0.1) is 0 Å². The Bertz CT molecular complexity index is 515. The highest BCUT2D eigenvalue weighted by Gasteiger charge is 2.27. The highest BCUT2D eigenvalue weighted by atomic mass is 16.5. The molecule has 6 heteroatoms. The van der Waals surface area contributed by atoms with E-state index in [2.05, 4.69) is 15.5 Å². The minimum absolute atomic E-state index is 0.00921. The summed E-state index contributed by atoms with van der Waals surface area (Å²) in [7, 11) is 0. The second-order valence-electron chi connectivity index (χ2n) is 5.87. The Kier molecular flexibility index (Phi) is 4.65. The summed E-state index contributed by atoms with van der Waals surface area (Å²) in [6, 6.07) is 0.272. The van der Waals surface area contributed by atoms with Gasteiger partial charge in [-0.2, -0.15) is 5.10 Å². The van der Waals surface area contributed by atoms with E-state index >= 15 is 0 Å². The van der Waals surface area contributed by atoms with Crippen molar-refractivity contribution in [2.24, 2.45) is 0 Å². The molecule has 2 N–H and O–H groups in total. The summed E-state index contributed by atoms with van der Waals surface area (Å²) in [4.78, 5) is 23.7. The number of hydrogen-bond donors (Lipinski definition) is 2. The molecule has 0 aromatic carbocycles. The lowest BCUT2D eigenvalue weighted by Crippen LogP contribution is -2.37. The summed E-state index contributed by atoms with van der Waals surface area (Å²) in [5, 5.41) is 9.87. The second-order valence-corrected chi connectivity index (χ2v) is 5.87. The third-order valence-corrected chi connectivity index (χ3v) is 3.75. The number of aromatic nitrogens is 2. The number of ether oxygens (including phenoxy) is 1. The molecule has 0 aliphatic heterocycles. The summed E-state index contributed by atoms with van der Waals surface area (Å²) in [6.45, 7) is 7.41. The average Bonchev–Trinajstić information content (AvgIpc) is 3.13. The Labute approximate surface area is 124 Å². The zero-order valence-corrected chi connectivity index (χ0v) is 13.0. The van der Waals surface area contributed by atoms with E-state index in [1.807, 2.05) is 20.8 Å². The highest BCUT2D eigenvalue weighted by molar-refractivity contribution is 5.84. The first-order valence-electron chi connectivity index (χ1n) is 7.39. The molecule has 0 unspecified atom stereocenters. The molecule has 1 aromatic rings. The van der Waals surface area contributed by atoms with Crippen LogP contribution >= 0.6 is 0 Å². The fourth-order valence-electron chi connectivity index (χ4n) is 2.48. The average molecular weight is 293 g/mol. The molecule has 116 valence electrons. The molecule has 2 atom stereocenters. The fraction of sp³-hybridized carbons (Fsp3) is 0.667. The zero-order valence-electron chi connectivity index (χ0n) is 13.0. The molecule has 1 amide bonds. The molecule has 1 saturated carbocycles. The molecular weight excluding hydrogens is 270 g/mol. The van der Waals surface area contributed by atoms with Crippen molar-refractivity contribution < 1.29 is 14.3 Å². The number of nitrogens with zero attached hydrogens (tertiary/aromatic N) is 1. The number of aryl methyl sites for hydroxylation is 2. The molecule has 0 bridgehead atoms. The lowest BCUT2D eigenvalue weighted by atomic mass is 9.96. The van der Waals surface area contributed by atoms with Gasteiger partial charge in [0, 0.05) is 11.7 Å². The van der Waals surface area contributed by atoms with Gasteiger partial charge < -0.3 is 10.1 Å². The van der Waals surface area contributed by atoms with Crippen LogP contribution in [-0.2, 0) is 14.3 Å². The molecule has 21 heavy (non-hydrogen) atoms. The largest absolute Gasteiger partial charge is 0.453 e. The van der Waals surface area contributed by atoms with Gasteiger partial charge >= 0.3 is 5.97 Å². The van der Waals surface area contributed by atoms with E-state index in [0.29, 0.717) is 0 Å². The van der Waals surface area contributed by atoms with Gasteiger partial charge in [0.05, 0.1) is 12.1 Å². The van der Waals surface area contributed by atoms with Crippen LogP contribution in [0.1, 0.15) is 56.0 Å². The predicted molar refractivity (Wildman–Crippen MR) is 77.8 cm³/mol. The highest BCUT2D eigenvalue weighted by Crippen LogP contribution is 2.25. The van der Waals surface area contributed by atoms with E-state index in [9.17, 15) is 9.59 Å². The van der Waals surface area contributed by atoms with Crippen LogP contribution in [0.3, 0.4) is 0 Å². The van der Waals surface area contributed by atoms with Crippen LogP contribution in [0.15, 0.2) is 0 Å². The number of hydrogen-bond acceptors (Lipinski definition) is 4. The number of carbonyl (C=O) groups excluding carboxylic acids is 2. The van der Waals surface area contributed by atoms with Crippen molar-refractivity contribution in [2.45, 2.75) is 65.0 Å². The Hall–Kier alpha value is -1.85. The van der Waals surface area contributed by atoms with Gasteiger partial charge in [-0.1, -0.05) is 6.92 Å². The van der Waals surface area contributed by atoms with Crippen LogP contribution in [0, 0.1) is 13.8 Å². The molecule has 1 aromatic heterocycles. The lowest BCUT2D eigenvalue weighted by Gasteiger charge is -2.16. The van der Waals surface area contributed by atoms with Gasteiger partial charge in [-0.05, 0) is 45.1 Å². The number of carbonyl (C=O) groups is 2. The van der Waals surface area contributed by atoms with Crippen LogP contribution in [0.4, 0.5) is 0 Å². The van der Waals surface area contributed by atoms with Crippen molar-refractivity contribution in [3.05, 3.63) is 17.0 Å². The Morgan fingerprint density at radius 3 is 2.57 bits per heavy atom. The van der Waals surface area contributed by atoms with Crippen molar-refractivity contribution in [1.82, 2.24) is 15.5 Å². The van der Waals surface area contributed by atoms with Gasteiger partial charge in [-0.25, -0.2) is 0 Å². The van der Waals surface area contributed by atoms with Crippen LogP contribution in [-0.4, -0.2) is 34.2 Å². The SMILES string of the molecule is Cc1n[nH]c(C)c1[C@@H](C)CC(=O)O[C@H](C)C(=O)NC1CC1. The molecule has 2 rings (SSSR count). The summed E-state index contributed by atoms with van der Waals surface area (Å²) in [5.41, 5.74) is 2.90. The second kappa shape index (κ2) is 6.28. The molecule has 0 radical (unpaired) electrons. The minimum Gasteiger partial charge on any atom is -0.453 e. The molecule has 0 spiro atoms. The van der Waals surface area contributed by atoms with E-state index in [-0.39, 0.29) is 30.3 Å². The number of nitrogens with one attached hydrogen (secondary N) is 2. The first kappa shape index (κ1) is 15.5. The smallest absolute Gasteiger partial charge is 0.307 e. The van der Waals surface area contributed by atoms with Gasteiger partial charge in [-0.3, -0.25) is 14.7 Å². The first-order chi connectivity index (χ1) is 9.88.